The molecule has 1 aliphatic heterocycles. The maximum atomic E-state index is 6.06. The van der Waals surface area contributed by atoms with Gasteiger partial charge in [-0.3, -0.25) is 0 Å². The second-order valence-corrected chi connectivity index (χ2v) is 6.71. The molecule has 1 unspecified atom stereocenters. The molecule has 116 valence electrons. The van der Waals surface area contributed by atoms with E-state index in [9.17, 15) is 0 Å². The van der Waals surface area contributed by atoms with Crippen LogP contribution in [0.3, 0.4) is 0 Å². The Hall–Kier alpha value is -1.29. The van der Waals surface area contributed by atoms with Crippen LogP contribution in [0.4, 0.5) is 0 Å². The summed E-state index contributed by atoms with van der Waals surface area (Å²) >= 11 is 1.93. The predicted octanol–water partition coefficient (Wildman–Crippen LogP) is 4.07. The van der Waals surface area contributed by atoms with Gasteiger partial charge in [-0.05, 0) is 23.6 Å². The van der Waals surface area contributed by atoms with Crippen LogP contribution in [0.1, 0.15) is 23.3 Å². The first-order chi connectivity index (χ1) is 10.9. The molecule has 2 aromatic carbocycles. The molecule has 3 rings (SSSR count). The van der Waals surface area contributed by atoms with E-state index in [1.165, 1.54) is 16.0 Å². The molecule has 2 nitrogen and oxygen atoms in total. The molecular formula is C19H23NOS. The summed E-state index contributed by atoms with van der Waals surface area (Å²) in [4.78, 5) is 1.37. The van der Waals surface area contributed by atoms with Gasteiger partial charge in [0, 0.05) is 18.0 Å². The van der Waals surface area contributed by atoms with E-state index >= 15 is 0 Å². The quantitative estimate of drug-likeness (QED) is 0.841. The van der Waals surface area contributed by atoms with Crippen LogP contribution in [-0.2, 0) is 11.2 Å². The van der Waals surface area contributed by atoms with Gasteiger partial charge in [0.25, 0.3) is 0 Å². The third-order valence-corrected chi connectivity index (χ3v) is 5.51. The molecule has 1 aliphatic rings. The van der Waals surface area contributed by atoms with Gasteiger partial charge < -0.3 is 10.1 Å². The lowest BCUT2D eigenvalue weighted by Gasteiger charge is -2.31. The van der Waals surface area contributed by atoms with E-state index in [4.69, 9.17) is 4.74 Å². The normalized spacial score (nSPS) is 19.8. The van der Waals surface area contributed by atoms with Crippen LogP contribution in [-0.4, -0.2) is 25.8 Å². The topological polar surface area (TPSA) is 21.3 Å². The number of thioether (sulfide) groups is 1. The Kier molecular flexibility index (Phi) is 5.54. The highest BCUT2D eigenvalue weighted by Crippen LogP contribution is 2.40. The van der Waals surface area contributed by atoms with Gasteiger partial charge in [0.15, 0.2) is 0 Å². The first-order valence-electron chi connectivity index (χ1n) is 8.00. The van der Waals surface area contributed by atoms with Gasteiger partial charge >= 0.3 is 0 Å². The average Bonchev–Trinajstić information content (AvgIpc) is 2.61. The minimum atomic E-state index is 0.214. The van der Waals surface area contributed by atoms with Crippen molar-refractivity contribution in [3.8, 4) is 0 Å². The number of nitrogens with one attached hydrogen (secondary N) is 1. The summed E-state index contributed by atoms with van der Waals surface area (Å²) in [5.74, 6) is 0. The van der Waals surface area contributed by atoms with Crippen molar-refractivity contribution in [1.29, 1.82) is 0 Å². The highest BCUT2D eigenvalue weighted by molar-refractivity contribution is 7.99. The smallest absolute Gasteiger partial charge is 0.0862 e. The van der Waals surface area contributed by atoms with Gasteiger partial charge in [0.05, 0.1) is 18.0 Å². The SMILES string of the molecule is CCc1ccccc1SC(c1ccccc1)[C@@H]1CNCCO1. The van der Waals surface area contributed by atoms with Gasteiger partial charge in [0.2, 0.25) is 0 Å². The molecule has 1 N–H and O–H groups in total. The Morgan fingerprint density at radius 1 is 1.14 bits per heavy atom. The van der Waals surface area contributed by atoms with Crippen LogP contribution in [0, 0.1) is 0 Å². The number of morpholine rings is 1. The van der Waals surface area contributed by atoms with Gasteiger partial charge in [0.1, 0.15) is 0 Å². The highest BCUT2D eigenvalue weighted by Gasteiger charge is 2.27. The number of rotatable bonds is 5. The molecule has 0 aliphatic carbocycles. The van der Waals surface area contributed by atoms with E-state index in [1.807, 2.05) is 11.8 Å². The Morgan fingerprint density at radius 2 is 1.91 bits per heavy atom. The fourth-order valence-corrected chi connectivity index (χ4v) is 4.24. The maximum absolute atomic E-state index is 6.06. The van der Waals surface area contributed by atoms with Crippen molar-refractivity contribution in [2.45, 2.75) is 29.6 Å². The fourth-order valence-electron chi connectivity index (χ4n) is 2.83. The largest absolute Gasteiger partial charge is 0.374 e. The van der Waals surface area contributed by atoms with E-state index in [-0.39, 0.29) is 6.10 Å². The lowest BCUT2D eigenvalue weighted by Crippen LogP contribution is -2.41. The van der Waals surface area contributed by atoms with Gasteiger partial charge in [-0.25, -0.2) is 0 Å². The predicted molar refractivity (Wildman–Crippen MR) is 93.5 cm³/mol. The van der Waals surface area contributed by atoms with Crippen molar-refractivity contribution >= 4 is 11.8 Å². The molecule has 2 aromatic rings. The lowest BCUT2D eigenvalue weighted by atomic mass is 10.1. The van der Waals surface area contributed by atoms with E-state index in [0.29, 0.717) is 5.25 Å². The van der Waals surface area contributed by atoms with Crippen LogP contribution in [0.25, 0.3) is 0 Å². The Morgan fingerprint density at radius 3 is 2.64 bits per heavy atom. The van der Waals surface area contributed by atoms with E-state index in [2.05, 4.69) is 66.8 Å². The second-order valence-electron chi connectivity index (χ2n) is 5.52. The van der Waals surface area contributed by atoms with Crippen LogP contribution in [0.5, 0.6) is 0 Å². The summed E-state index contributed by atoms with van der Waals surface area (Å²) in [6.07, 6.45) is 1.28. The number of hydrogen-bond acceptors (Lipinski definition) is 3. The number of ether oxygens (including phenoxy) is 1. The standard InChI is InChI=1S/C19H23NOS/c1-2-15-8-6-7-11-18(15)22-19(16-9-4-3-5-10-16)17-14-20-12-13-21-17/h3-11,17,19-20H,2,12-14H2,1H3/t17-,19?/m0/s1. The van der Waals surface area contributed by atoms with Crippen molar-refractivity contribution < 1.29 is 4.74 Å². The van der Waals surface area contributed by atoms with Crippen molar-refractivity contribution in [3.63, 3.8) is 0 Å². The monoisotopic (exact) mass is 313 g/mol. The zero-order chi connectivity index (χ0) is 15.2. The lowest BCUT2D eigenvalue weighted by molar-refractivity contribution is 0.0273. The number of aryl methyl sites for hydroxylation is 1. The molecule has 22 heavy (non-hydrogen) atoms. The van der Waals surface area contributed by atoms with Crippen LogP contribution < -0.4 is 5.32 Å². The van der Waals surface area contributed by atoms with Crippen molar-refractivity contribution in [3.05, 3.63) is 65.7 Å². The molecular weight excluding hydrogens is 290 g/mol. The fraction of sp³-hybridized carbons (Fsp3) is 0.368. The molecule has 1 fully saturated rings. The molecule has 0 bridgehead atoms. The first kappa shape index (κ1) is 15.6. The van der Waals surface area contributed by atoms with Crippen molar-refractivity contribution in [2.24, 2.45) is 0 Å². The van der Waals surface area contributed by atoms with Crippen molar-refractivity contribution in [1.82, 2.24) is 5.32 Å². The van der Waals surface area contributed by atoms with Gasteiger partial charge in [-0.15, -0.1) is 11.8 Å². The Balaban J connectivity index is 1.88. The van der Waals surface area contributed by atoms with E-state index in [0.717, 1.165) is 26.1 Å². The van der Waals surface area contributed by atoms with Crippen LogP contribution >= 0.6 is 11.8 Å². The zero-order valence-electron chi connectivity index (χ0n) is 13.0. The summed E-state index contributed by atoms with van der Waals surface area (Å²) in [6.45, 7) is 4.88. The summed E-state index contributed by atoms with van der Waals surface area (Å²) in [7, 11) is 0. The molecule has 0 radical (unpaired) electrons. The molecule has 0 saturated carbocycles. The summed E-state index contributed by atoms with van der Waals surface area (Å²) in [6, 6.07) is 19.4. The van der Waals surface area contributed by atoms with Crippen LogP contribution in [0.15, 0.2) is 59.5 Å². The number of hydrogen-bond donors (Lipinski definition) is 1. The van der Waals surface area contributed by atoms with Gasteiger partial charge in [-0.2, -0.15) is 0 Å². The molecule has 0 amide bonds. The van der Waals surface area contributed by atoms with E-state index in [1.54, 1.807) is 0 Å². The first-order valence-corrected chi connectivity index (χ1v) is 8.88. The molecule has 3 heteroatoms. The molecule has 1 saturated heterocycles. The Bertz CT molecular complexity index is 581. The molecule has 0 aromatic heterocycles. The highest BCUT2D eigenvalue weighted by atomic mass is 32.2. The van der Waals surface area contributed by atoms with Crippen molar-refractivity contribution in [2.75, 3.05) is 19.7 Å². The summed E-state index contributed by atoms with van der Waals surface area (Å²) < 4.78 is 6.06. The van der Waals surface area contributed by atoms with E-state index < -0.39 is 0 Å². The zero-order valence-corrected chi connectivity index (χ0v) is 13.8. The summed E-state index contributed by atoms with van der Waals surface area (Å²) in [5.41, 5.74) is 2.75. The minimum Gasteiger partial charge on any atom is -0.374 e. The molecule has 0 spiro atoms. The third-order valence-electron chi connectivity index (χ3n) is 4.03. The maximum Gasteiger partial charge on any atom is 0.0862 e. The average molecular weight is 313 g/mol. The van der Waals surface area contributed by atoms with Crippen LogP contribution in [0.2, 0.25) is 0 Å². The van der Waals surface area contributed by atoms with Gasteiger partial charge in [-0.1, -0.05) is 55.5 Å². The molecule has 1 heterocycles. The summed E-state index contributed by atoms with van der Waals surface area (Å²) in [5, 5.41) is 3.78. The molecule has 2 atom stereocenters. The number of benzene rings is 2. The third kappa shape index (κ3) is 3.72. The second kappa shape index (κ2) is 7.82. The Labute approximate surface area is 137 Å². The minimum absolute atomic E-state index is 0.214.